The van der Waals surface area contributed by atoms with E-state index >= 15 is 0 Å². The fraction of sp³-hybridized carbons (Fsp3) is 0.778. The summed E-state index contributed by atoms with van der Waals surface area (Å²) in [5, 5.41) is 20.6. The number of hydrogen-bond donors (Lipinski definition) is 0. The third-order valence-electron chi connectivity index (χ3n) is 3.27. The molecule has 0 bridgehead atoms. The Morgan fingerprint density at radius 2 is 1.82 bits per heavy atom. The van der Waals surface area contributed by atoms with Crippen LogP contribution in [0.4, 0.5) is 22.0 Å². The molecule has 0 N–H and O–H groups in total. The molecule has 1 aliphatic rings. The van der Waals surface area contributed by atoms with Crippen molar-refractivity contribution in [1.82, 2.24) is 40.4 Å². The fourth-order valence-electron chi connectivity index (χ4n) is 2.00. The quantitative estimate of drug-likeness (QED) is 0.768. The van der Waals surface area contributed by atoms with Crippen LogP contribution < -0.4 is 0 Å². The number of alkyl halides is 5. The van der Waals surface area contributed by atoms with E-state index < -0.39 is 17.9 Å². The van der Waals surface area contributed by atoms with Gasteiger partial charge in [-0.15, -0.1) is 20.4 Å². The van der Waals surface area contributed by atoms with Gasteiger partial charge in [-0.05, 0) is 22.8 Å². The van der Waals surface area contributed by atoms with Gasteiger partial charge in [-0.1, -0.05) is 0 Å². The van der Waals surface area contributed by atoms with Crippen LogP contribution in [0.25, 0.3) is 0 Å². The van der Waals surface area contributed by atoms with E-state index in [-0.39, 0.29) is 18.4 Å². The lowest BCUT2D eigenvalue weighted by molar-refractivity contribution is -0.292. The number of tetrazole rings is 2. The van der Waals surface area contributed by atoms with Gasteiger partial charge >= 0.3 is 12.1 Å². The smallest absolute Gasteiger partial charge is 0.187 e. The van der Waals surface area contributed by atoms with Crippen LogP contribution in [0.3, 0.4) is 0 Å². The first-order valence-corrected chi connectivity index (χ1v) is 6.15. The van der Waals surface area contributed by atoms with Crippen molar-refractivity contribution in [3.63, 3.8) is 0 Å². The van der Waals surface area contributed by atoms with E-state index in [1.807, 2.05) is 0 Å². The second-order valence-corrected chi connectivity index (χ2v) is 4.98. The molecule has 8 nitrogen and oxygen atoms in total. The van der Waals surface area contributed by atoms with Gasteiger partial charge in [0.15, 0.2) is 5.82 Å². The molecule has 2 atom stereocenters. The van der Waals surface area contributed by atoms with Crippen LogP contribution in [0.5, 0.6) is 0 Å². The molecule has 13 heteroatoms. The van der Waals surface area contributed by atoms with E-state index in [1.165, 1.54) is 4.80 Å². The summed E-state index contributed by atoms with van der Waals surface area (Å²) >= 11 is 0. The molecule has 2 heterocycles. The van der Waals surface area contributed by atoms with Gasteiger partial charge in [0.2, 0.25) is 0 Å². The molecule has 3 rings (SSSR count). The van der Waals surface area contributed by atoms with Crippen molar-refractivity contribution in [2.24, 2.45) is 13.0 Å². The normalized spacial score (nSPS) is 22.1. The van der Waals surface area contributed by atoms with E-state index in [0.717, 1.165) is 4.80 Å². The van der Waals surface area contributed by atoms with Gasteiger partial charge in [0, 0.05) is 5.92 Å². The first-order chi connectivity index (χ1) is 10.2. The van der Waals surface area contributed by atoms with E-state index in [0.29, 0.717) is 12.2 Å². The molecule has 1 fully saturated rings. The van der Waals surface area contributed by atoms with Crippen molar-refractivity contribution in [3.8, 4) is 0 Å². The topological polar surface area (TPSA) is 87.2 Å². The Bertz CT molecular complexity index is 676. The molecule has 2 aromatic heterocycles. The van der Waals surface area contributed by atoms with Crippen LogP contribution in [-0.2, 0) is 19.5 Å². The van der Waals surface area contributed by atoms with Crippen molar-refractivity contribution in [3.05, 3.63) is 11.6 Å². The highest BCUT2D eigenvalue weighted by Crippen LogP contribution is 2.47. The largest absolute Gasteiger partial charge is 0.461 e. The predicted octanol–water partition coefficient (Wildman–Crippen LogP) is 0.654. The SMILES string of the molecule is Cn1nnc(C2CC2Cn2nnc(C(F)(F)C(F)(F)F)n2)n1. The second-order valence-electron chi connectivity index (χ2n) is 4.98. The highest BCUT2D eigenvalue weighted by atomic mass is 19.4. The van der Waals surface area contributed by atoms with Crippen molar-refractivity contribution in [1.29, 1.82) is 0 Å². The van der Waals surface area contributed by atoms with Gasteiger partial charge in [0.05, 0.1) is 13.6 Å². The minimum absolute atomic E-state index is 0.0359. The first-order valence-electron chi connectivity index (χ1n) is 6.15. The third-order valence-corrected chi connectivity index (χ3v) is 3.27. The summed E-state index contributed by atoms with van der Waals surface area (Å²) in [7, 11) is 1.60. The zero-order valence-electron chi connectivity index (χ0n) is 11.0. The molecular weight excluding hydrogens is 315 g/mol. The lowest BCUT2D eigenvalue weighted by Gasteiger charge is -2.14. The van der Waals surface area contributed by atoms with E-state index in [9.17, 15) is 22.0 Å². The van der Waals surface area contributed by atoms with Gasteiger partial charge in [0.25, 0.3) is 5.82 Å². The van der Waals surface area contributed by atoms with Crippen molar-refractivity contribution in [2.75, 3.05) is 0 Å². The number of rotatable bonds is 4. The van der Waals surface area contributed by atoms with E-state index in [4.69, 9.17) is 0 Å². The van der Waals surface area contributed by atoms with Gasteiger partial charge in [0.1, 0.15) is 0 Å². The standard InChI is InChI=1S/C9H9F5N8/c1-21-17-6(15-19-21)5-2-4(5)3-22-18-7(16-20-22)8(10,11)9(12,13)14/h4-5H,2-3H2,1H3. The monoisotopic (exact) mass is 324 g/mol. The molecule has 0 amide bonds. The number of aromatic nitrogens is 8. The van der Waals surface area contributed by atoms with Gasteiger partial charge in [-0.2, -0.15) is 31.5 Å². The van der Waals surface area contributed by atoms with Crippen LogP contribution >= 0.6 is 0 Å². The zero-order valence-corrected chi connectivity index (χ0v) is 11.0. The minimum Gasteiger partial charge on any atom is -0.187 e. The Balaban J connectivity index is 1.66. The average Bonchev–Trinajstić information content (AvgIpc) is 2.82. The van der Waals surface area contributed by atoms with Gasteiger partial charge in [-0.25, -0.2) is 0 Å². The first kappa shape index (κ1) is 14.7. The van der Waals surface area contributed by atoms with Gasteiger partial charge in [-0.3, -0.25) is 0 Å². The summed E-state index contributed by atoms with van der Waals surface area (Å²) in [6.45, 7) is 0.0594. The maximum absolute atomic E-state index is 13.0. The molecular formula is C9H9F5N8. The molecule has 1 saturated carbocycles. The van der Waals surface area contributed by atoms with Crippen LogP contribution in [0, 0.1) is 5.92 Å². The summed E-state index contributed by atoms with van der Waals surface area (Å²) in [6.07, 6.45) is -5.11. The Kier molecular flexibility index (Phi) is 3.11. The highest BCUT2D eigenvalue weighted by molar-refractivity contribution is 5.07. The molecule has 22 heavy (non-hydrogen) atoms. The second kappa shape index (κ2) is 4.64. The Morgan fingerprint density at radius 3 is 2.41 bits per heavy atom. The Labute approximate surface area is 119 Å². The molecule has 0 aliphatic heterocycles. The predicted molar refractivity (Wildman–Crippen MR) is 57.4 cm³/mol. The summed E-state index contributed by atoms with van der Waals surface area (Å²) in [4.78, 5) is 2.01. The molecule has 2 unspecified atom stereocenters. The molecule has 2 aromatic rings. The number of halogens is 5. The summed E-state index contributed by atoms with van der Waals surface area (Å²) in [5.74, 6) is -6.37. The highest BCUT2D eigenvalue weighted by Gasteiger charge is 2.62. The summed E-state index contributed by atoms with van der Waals surface area (Å²) in [5.41, 5.74) is 0. The lowest BCUT2D eigenvalue weighted by atomic mass is 10.3. The number of aryl methyl sites for hydroxylation is 1. The molecule has 1 aliphatic carbocycles. The lowest BCUT2D eigenvalue weighted by Crippen LogP contribution is -2.35. The molecule has 120 valence electrons. The third kappa shape index (κ3) is 2.50. The fourth-order valence-corrected chi connectivity index (χ4v) is 2.00. The van der Waals surface area contributed by atoms with Crippen LogP contribution in [0.1, 0.15) is 24.0 Å². The average molecular weight is 324 g/mol. The van der Waals surface area contributed by atoms with Crippen molar-refractivity contribution >= 4 is 0 Å². The van der Waals surface area contributed by atoms with Crippen LogP contribution in [-0.4, -0.2) is 46.6 Å². The molecule has 0 aromatic carbocycles. The van der Waals surface area contributed by atoms with Crippen molar-refractivity contribution in [2.45, 2.75) is 31.0 Å². The molecule has 0 spiro atoms. The number of hydrogen-bond acceptors (Lipinski definition) is 6. The molecule has 0 saturated heterocycles. The summed E-state index contributed by atoms with van der Waals surface area (Å²) in [6, 6.07) is 0. The van der Waals surface area contributed by atoms with Crippen LogP contribution in [0.15, 0.2) is 0 Å². The Hall–Kier alpha value is -2.21. The minimum atomic E-state index is -5.76. The van der Waals surface area contributed by atoms with Gasteiger partial charge < -0.3 is 0 Å². The zero-order chi connectivity index (χ0) is 16.1. The summed E-state index contributed by atoms with van der Waals surface area (Å²) < 4.78 is 62.7. The maximum atomic E-state index is 13.0. The van der Waals surface area contributed by atoms with E-state index in [2.05, 4.69) is 30.8 Å². The van der Waals surface area contributed by atoms with E-state index in [1.54, 1.807) is 7.05 Å². The van der Waals surface area contributed by atoms with Crippen molar-refractivity contribution < 1.29 is 22.0 Å². The van der Waals surface area contributed by atoms with Crippen LogP contribution in [0.2, 0.25) is 0 Å². The number of nitrogens with zero attached hydrogens (tertiary/aromatic N) is 8. The molecule has 0 radical (unpaired) electrons. The Morgan fingerprint density at radius 1 is 1.09 bits per heavy atom. The maximum Gasteiger partial charge on any atom is 0.461 e.